The van der Waals surface area contributed by atoms with Crippen LogP contribution in [0, 0.1) is 6.92 Å². The Bertz CT molecular complexity index is 1180. The molecule has 0 bridgehead atoms. The van der Waals surface area contributed by atoms with Crippen molar-refractivity contribution in [3.63, 3.8) is 0 Å². The molecular formula is C25H29N5O. The predicted octanol–water partition coefficient (Wildman–Crippen LogP) is 7.32. The second-order valence-electron chi connectivity index (χ2n) is 8.08. The minimum Gasteiger partial charge on any atom is -0.505 e. The Labute approximate surface area is 183 Å². The Morgan fingerprint density at radius 1 is 0.935 bits per heavy atom. The van der Waals surface area contributed by atoms with Crippen molar-refractivity contribution in [2.45, 2.75) is 39.5 Å². The molecule has 3 aromatic rings. The molecule has 0 spiro atoms. The lowest BCUT2D eigenvalue weighted by Gasteiger charge is -2.19. The molecule has 0 radical (unpaired) electrons. The van der Waals surface area contributed by atoms with E-state index < -0.39 is 0 Å². The van der Waals surface area contributed by atoms with Gasteiger partial charge in [0.1, 0.15) is 5.69 Å². The third-order valence-electron chi connectivity index (χ3n) is 6.13. The minimum atomic E-state index is 0.176. The molecule has 0 unspecified atom stereocenters. The molecule has 160 valence electrons. The standard InChI is InChI=1S/C25H29N5O/c1-5-30(4)18-10-11-19-17(15-18)14-16(2)24(25(19)31)29-28-23-13-12-22(27-26-3)20-8-6-7-9-21(20)23/h10-15,31H,5-9H2,1-4H3. The van der Waals surface area contributed by atoms with Crippen LogP contribution in [-0.4, -0.2) is 25.7 Å². The SMILES string of the molecule is CCN(C)c1ccc2c(O)c(N=Nc3ccc(N=NC)c4c3CCCC4)c(C)cc2c1. The summed E-state index contributed by atoms with van der Waals surface area (Å²) in [7, 11) is 3.75. The van der Waals surface area contributed by atoms with Gasteiger partial charge in [0.15, 0.2) is 5.75 Å². The van der Waals surface area contributed by atoms with E-state index in [1.807, 2.05) is 31.2 Å². The summed E-state index contributed by atoms with van der Waals surface area (Å²) in [4.78, 5) is 2.17. The number of aryl methyl sites for hydroxylation is 1. The van der Waals surface area contributed by atoms with Gasteiger partial charge in [-0.15, -0.1) is 5.11 Å². The van der Waals surface area contributed by atoms with Crippen molar-refractivity contribution in [2.24, 2.45) is 20.5 Å². The van der Waals surface area contributed by atoms with Crippen molar-refractivity contribution in [3.05, 3.63) is 53.1 Å². The number of aromatic hydroxyl groups is 1. The highest BCUT2D eigenvalue weighted by Gasteiger charge is 2.18. The average molecular weight is 416 g/mol. The Morgan fingerprint density at radius 2 is 1.61 bits per heavy atom. The molecule has 1 aliphatic rings. The molecular weight excluding hydrogens is 386 g/mol. The van der Waals surface area contributed by atoms with Crippen LogP contribution in [0.3, 0.4) is 0 Å². The number of phenolic OH excluding ortho intramolecular Hbond substituents is 1. The summed E-state index contributed by atoms with van der Waals surface area (Å²) in [5.74, 6) is 0.176. The number of fused-ring (bicyclic) bond motifs is 2. The van der Waals surface area contributed by atoms with Gasteiger partial charge in [0.2, 0.25) is 0 Å². The molecule has 6 nitrogen and oxygen atoms in total. The van der Waals surface area contributed by atoms with Gasteiger partial charge in [-0.1, -0.05) is 0 Å². The first-order valence-electron chi connectivity index (χ1n) is 10.9. The molecule has 0 saturated carbocycles. The van der Waals surface area contributed by atoms with E-state index in [9.17, 15) is 5.11 Å². The zero-order valence-corrected chi connectivity index (χ0v) is 18.7. The molecule has 0 saturated heterocycles. The summed E-state index contributed by atoms with van der Waals surface area (Å²) >= 11 is 0. The number of azo groups is 2. The van der Waals surface area contributed by atoms with Crippen LogP contribution in [0.2, 0.25) is 0 Å². The Hall–Kier alpha value is -3.28. The molecule has 31 heavy (non-hydrogen) atoms. The van der Waals surface area contributed by atoms with E-state index in [0.29, 0.717) is 5.69 Å². The zero-order chi connectivity index (χ0) is 22.0. The molecule has 4 rings (SSSR count). The normalized spacial score (nSPS) is 13.9. The van der Waals surface area contributed by atoms with Crippen LogP contribution < -0.4 is 4.90 Å². The quantitative estimate of drug-likeness (QED) is 0.443. The van der Waals surface area contributed by atoms with Crippen LogP contribution in [0.4, 0.5) is 22.7 Å². The molecule has 0 aliphatic heterocycles. The maximum Gasteiger partial charge on any atom is 0.151 e. The summed E-state index contributed by atoms with van der Waals surface area (Å²) < 4.78 is 0. The van der Waals surface area contributed by atoms with Gasteiger partial charge in [-0.05, 0) is 98.0 Å². The van der Waals surface area contributed by atoms with Crippen molar-refractivity contribution >= 4 is 33.5 Å². The Balaban J connectivity index is 1.75. The number of rotatable bonds is 5. The maximum absolute atomic E-state index is 11.0. The van der Waals surface area contributed by atoms with Gasteiger partial charge >= 0.3 is 0 Å². The second-order valence-corrected chi connectivity index (χ2v) is 8.08. The van der Waals surface area contributed by atoms with Crippen LogP contribution >= 0.6 is 0 Å². The fourth-order valence-electron chi connectivity index (χ4n) is 4.28. The first-order chi connectivity index (χ1) is 15.0. The number of nitrogens with zero attached hydrogens (tertiary/aromatic N) is 5. The van der Waals surface area contributed by atoms with E-state index in [2.05, 4.69) is 51.5 Å². The Morgan fingerprint density at radius 3 is 2.26 bits per heavy atom. The van der Waals surface area contributed by atoms with Gasteiger partial charge < -0.3 is 10.0 Å². The van der Waals surface area contributed by atoms with E-state index in [4.69, 9.17) is 0 Å². The van der Waals surface area contributed by atoms with E-state index in [-0.39, 0.29) is 5.75 Å². The van der Waals surface area contributed by atoms with Crippen LogP contribution in [-0.2, 0) is 12.8 Å². The number of hydrogen-bond acceptors (Lipinski definition) is 6. The number of benzene rings is 3. The van der Waals surface area contributed by atoms with E-state index >= 15 is 0 Å². The average Bonchev–Trinajstić information content (AvgIpc) is 2.79. The minimum absolute atomic E-state index is 0.176. The van der Waals surface area contributed by atoms with Crippen LogP contribution in [0.15, 0.2) is 56.9 Å². The summed E-state index contributed by atoms with van der Waals surface area (Å²) in [5, 5.41) is 30.0. The molecule has 0 atom stereocenters. The molecule has 3 aromatic carbocycles. The zero-order valence-electron chi connectivity index (χ0n) is 18.7. The van der Waals surface area contributed by atoms with Gasteiger partial charge in [-0.2, -0.15) is 15.3 Å². The molecule has 0 fully saturated rings. The number of hydrogen-bond donors (Lipinski definition) is 1. The summed E-state index contributed by atoms with van der Waals surface area (Å²) in [6.45, 7) is 5.00. The van der Waals surface area contributed by atoms with Crippen molar-refractivity contribution in [2.75, 3.05) is 25.5 Å². The lowest BCUT2D eigenvalue weighted by molar-refractivity contribution is 0.482. The van der Waals surface area contributed by atoms with Gasteiger partial charge in [0, 0.05) is 31.7 Å². The monoisotopic (exact) mass is 415 g/mol. The fourth-order valence-corrected chi connectivity index (χ4v) is 4.28. The lowest BCUT2D eigenvalue weighted by atomic mass is 9.89. The first-order valence-corrected chi connectivity index (χ1v) is 10.9. The van der Waals surface area contributed by atoms with E-state index in [0.717, 1.165) is 65.6 Å². The highest BCUT2D eigenvalue weighted by atomic mass is 16.3. The number of phenols is 1. The summed E-state index contributed by atoms with van der Waals surface area (Å²) in [5.41, 5.74) is 6.74. The first kappa shape index (κ1) is 21.0. The molecule has 0 heterocycles. The van der Waals surface area contributed by atoms with Gasteiger partial charge in [0.05, 0.1) is 11.4 Å². The molecule has 1 aliphatic carbocycles. The van der Waals surface area contributed by atoms with Crippen LogP contribution in [0.5, 0.6) is 5.75 Å². The van der Waals surface area contributed by atoms with Crippen molar-refractivity contribution in [1.29, 1.82) is 0 Å². The number of anilines is 1. The predicted molar refractivity (Wildman–Crippen MR) is 127 cm³/mol. The van der Waals surface area contributed by atoms with Crippen molar-refractivity contribution in [1.82, 2.24) is 0 Å². The largest absolute Gasteiger partial charge is 0.505 e. The van der Waals surface area contributed by atoms with Gasteiger partial charge in [-0.25, -0.2) is 0 Å². The molecule has 1 N–H and O–H groups in total. The van der Waals surface area contributed by atoms with Gasteiger partial charge in [-0.3, -0.25) is 0 Å². The fraction of sp³-hybridized carbons (Fsp3) is 0.360. The van der Waals surface area contributed by atoms with E-state index in [1.165, 1.54) is 11.1 Å². The highest BCUT2D eigenvalue weighted by Crippen LogP contribution is 2.41. The maximum atomic E-state index is 11.0. The molecule has 0 amide bonds. The highest BCUT2D eigenvalue weighted by molar-refractivity contribution is 5.95. The summed E-state index contributed by atoms with van der Waals surface area (Å²) in [6.07, 6.45) is 4.24. The van der Waals surface area contributed by atoms with Crippen LogP contribution in [0.25, 0.3) is 10.8 Å². The second kappa shape index (κ2) is 8.84. The third kappa shape index (κ3) is 4.02. The summed E-state index contributed by atoms with van der Waals surface area (Å²) in [6, 6.07) is 12.1. The van der Waals surface area contributed by atoms with Gasteiger partial charge in [0.25, 0.3) is 0 Å². The smallest absolute Gasteiger partial charge is 0.151 e. The molecule has 6 heteroatoms. The van der Waals surface area contributed by atoms with Crippen LogP contribution in [0.1, 0.15) is 36.5 Å². The van der Waals surface area contributed by atoms with Crippen molar-refractivity contribution < 1.29 is 5.11 Å². The van der Waals surface area contributed by atoms with Crippen molar-refractivity contribution in [3.8, 4) is 5.75 Å². The van der Waals surface area contributed by atoms with E-state index in [1.54, 1.807) is 7.05 Å². The topological polar surface area (TPSA) is 72.9 Å². The third-order valence-corrected chi connectivity index (χ3v) is 6.13. The molecule has 0 aromatic heterocycles. The lowest BCUT2D eigenvalue weighted by Crippen LogP contribution is -2.15. The Kier molecular flexibility index (Phi) is 5.98.